The monoisotopic (exact) mass is 491 g/mol. The van der Waals surface area contributed by atoms with Crippen molar-refractivity contribution in [1.29, 1.82) is 0 Å². The van der Waals surface area contributed by atoms with Crippen LogP contribution in [0.4, 0.5) is 8.78 Å². The largest absolute Gasteiger partial charge is 0.456 e. The van der Waals surface area contributed by atoms with Crippen molar-refractivity contribution in [3.63, 3.8) is 0 Å². The number of halogens is 3. The molecule has 0 atom stereocenters. The first-order valence-corrected chi connectivity index (χ1v) is 12.3. The fourth-order valence-corrected chi connectivity index (χ4v) is 4.58. The lowest BCUT2D eigenvalue weighted by Crippen LogP contribution is -2.36. The topological polar surface area (TPSA) is 38.8 Å². The van der Waals surface area contributed by atoms with Gasteiger partial charge < -0.3 is 9.47 Å². The summed E-state index contributed by atoms with van der Waals surface area (Å²) in [5, 5.41) is 0.377. The van der Waals surface area contributed by atoms with E-state index >= 15 is 0 Å². The zero-order chi connectivity index (χ0) is 24.5. The highest BCUT2D eigenvalue weighted by molar-refractivity contribution is 6.31. The summed E-state index contributed by atoms with van der Waals surface area (Å²) >= 11 is 6.09. The molecule has 2 fully saturated rings. The molecule has 184 valence electrons. The number of carbonyl (C=O) groups is 1. The number of hydrogen-bond acceptors (Lipinski definition) is 4. The first-order valence-electron chi connectivity index (χ1n) is 11.9. The smallest absolute Gasteiger partial charge is 0.341 e. The van der Waals surface area contributed by atoms with Crippen LogP contribution in [0.15, 0.2) is 30.3 Å². The van der Waals surface area contributed by atoms with Crippen molar-refractivity contribution < 1.29 is 23.0 Å². The number of ether oxygens (including phenoxy) is 2. The van der Waals surface area contributed by atoms with Crippen LogP contribution in [0, 0.1) is 11.6 Å². The summed E-state index contributed by atoms with van der Waals surface area (Å²) in [6, 6.07) is 7.57. The van der Waals surface area contributed by atoms with Crippen LogP contribution >= 0.6 is 11.6 Å². The normalized spacial score (nSPS) is 17.7. The van der Waals surface area contributed by atoms with E-state index < -0.39 is 17.4 Å². The molecule has 0 aromatic heterocycles. The Labute approximate surface area is 205 Å². The van der Waals surface area contributed by atoms with Crippen molar-refractivity contribution in [1.82, 2.24) is 4.90 Å². The summed E-state index contributed by atoms with van der Waals surface area (Å²) in [4.78, 5) is 14.8. The van der Waals surface area contributed by atoms with Gasteiger partial charge in [-0.15, -0.1) is 0 Å². The average molecular weight is 492 g/mol. The molecule has 2 aliphatic rings. The molecule has 2 aromatic rings. The van der Waals surface area contributed by atoms with Gasteiger partial charge in [-0.2, -0.15) is 0 Å². The minimum atomic E-state index is -0.670. The quantitative estimate of drug-likeness (QED) is 0.407. The Kier molecular flexibility index (Phi) is 7.60. The Morgan fingerprint density at radius 3 is 2.38 bits per heavy atom. The molecule has 4 rings (SSSR count). The maximum atomic E-state index is 14.9. The van der Waals surface area contributed by atoms with Gasteiger partial charge in [0.1, 0.15) is 17.2 Å². The molecule has 1 aliphatic carbocycles. The Bertz CT molecular complexity index is 1040. The first kappa shape index (κ1) is 25.1. The van der Waals surface area contributed by atoms with Crippen LogP contribution in [0.25, 0.3) is 0 Å². The van der Waals surface area contributed by atoms with Gasteiger partial charge in [0.2, 0.25) is 0 Å². The number of benzene rings is 2. The lowest BCUT2D eigenvalue weighted by atomic mass is 9.97. The minimum absolute atomic E-state index is 0.0205. The van der Waals surface area contributed by atoms with Crippen molar-refractivity contribution in [2.24, 2.45) is 0 Å². The highest BCUT2D eigenvalue weighted by Crippen LogP contribution is 2.43. The molecule has 2 aromatic carbocycles. The van der Waals surface area contributed by atoms with Gasteiger partial charge in [-0.3, -0.25) is 4.90 Å². The van der Waals surface area contributed by atoms with Gasteiger partial charge in [0, 0.05) is 24.7 Å². The maximum Gasteiger partial charge on any atom is 0.341 e. The van der Waals surface area contributed by atoms with Gasteiger partial charge in [0.25, 0.3) is 0 Å². The molecule has 34 heavy (non-hydrogen) atoms. The molecule has 1 heterocycles. The molecule has 4 nitrogen and oxygen atoms in total. The molecule has 0 N–H and O–H groups in total. The van der Waals surface area contributed by atoms with E-state index in [1.807, 2.05) is 0 Å². The number of esters is 1. The zero-order valence-corrected chi connectivity index (χ0v) is 20.8. The summed E-state index contributed by atoms with van der Waals surface area (Å²) in [7, 11) is 0. The number of carbonyl (C=O) groups excluding carboxylic acids is 1. The number of piperidine rings is 1. The molecule has 0 bridgehead atoms. The fraction of sp³-hybridized carbons (Fsp3) is 0.519. The Morgan fingerprint density at radius 1 is 1.06 bits per heavy atom. The second-order valence-corrected chi connectivity index (χ2v) is 10.7. The molecule has 7 heteroatoms. The first-order chi connectivity index (χ1) is 16.1. The fourth-order valence-electron chi connectivity index (χ4n) is 4.35. The average Bonchev–Trinajstić information content (AvgIpc) is 3.58. The summed E-state index contributed by atoms with van der Waals surface area (Å²) < 4.78 is 39.5. The van der Waals surface area contributed by atoms with Crippen molar-refractivity contribution in [3.8, 4) is 0 Å². The van der Waals surface area contributed by atoms with Gasteiger partial charge in [-0.1, -0.05) is 17.7 Å². The third-order valence-corrected chi connectivity index (χ3v) is 6.63. The molecule has 0 radical (unpaired) electrons. The Balaban J connectivity index is 1.36. The predicted molar refractivity (Wildman–Crippen MR) is 128 cm³/mol. The van der Waals surface area contributed by atoms with E-state index in [0.717, 1.165) is 55.5 Å². The minimum Gasteiger partial charge on any atom is -0.456 e. The number of hydrogen-bond donors (Lipinski definition) is 0. The second-order valence-electron chi connectivity index (χ2n) is 10.3. The van der Waals surface area contributed by atoms with E-state index in [1.165, 1.54) is 18.2 Å². The van der Waals surface area contributed by atoms with Crippen LogP contribution in [0.3, 0.4) is 0 Å². The number of likely N-dealkylation sites (tertiary alicyclic amines) is 1. The molecule has 1 aliphatic heterocycles. The third kappa shape index (κ3) is 6.55. The summed E-state index contributed by atoms with van der Waals surface area (Å²) in [6.07, 6.45) is 3.95. The molecular formula is C27H32ClF2NO3. The van der Waals surface area contributed by atoms with Crippen molar-refractivity contribution >= 4 is 17.6 Å². The highest BCUT2D eigenvalue weighted by Gasteiger charge is 2.31. The van der Waals surface area contributed by atoms with Crippen LogP contribution in [-0.2, 0) is 22.6 Å². The Hall–Kier alpha value is -2.02. The summed E-state index contributed by atoms with van der Waals surface area (Å²) in [6.45, 7) is 8.01. The molecule has 0 amide bonds. The molecule has 0 unspecified atom stereocenters. The Morgan fingerprint density at radius 2 is 1.76 bits per heavy atom. The molecular weight excluding hydrogens is 460 g/mol. The van der Waals surface area contributed by atoms with Crippen LogP contribution in [0.2, 0.25) is 5.02 Å². The van der Waals surface area contributed by atoms with Crippen LogP contribution in [0.5, 0.6) is 0 Å². The van der Waals surface area contributed by atoms with Crippen molar-refractivity contribution in [3.05, 3.63) is 69.2 Å². The van der Waals surface area contributed by atoms with E-state index in [0.29, 0.717) is 24.1 Å². The SMILES string of the molecule is CC(C)(C)OC(=O)c1cc(C2CC2)c(CN2CCC(OCc3ccc(F)cc3Cl)CC2)cc1F. The van der Waals surface area contributed by atoms with E-state index in [9.17, 15) is 13.6 Å². The zero-order valence-electron chi connectivity index (χ0n) is 20.0. The van der Waals surface area contributed by atoms with Gasteiger partial charge in [0.05, 0.1) is 18.3 Å². The number of nitrogens with zero attached hydrogens (tertiary/aromatic N) is 1. The van der Waals surface area contributed by atoms with Gasteiger partial charge in [-0.25, -0.2) is 13.6 Å². The van der Waals surface area contributed by atoms with Crippen LogP contribution in [-0.4, -0.2) is 35.7 Å². The lowest BCUT2D eigenvalue weighted by Gasteiger charge is -2.32. The van der Waals surface area contributed by atoms with Gasteiger partial charge in [0.15, 0.2) is 0 Å². The van der Waals surface area contributed by atoms with Crippen LogP contribution in [0.1, 0.15) is 79.4 Å². The lowest BCUT2D eigenvalue weighted by molar-refractivity contribution is -0.00402. The molecule has 1 saturated heterocycles. The third-order valence-electron chi connectivity index (χ3n) is 6.28. The van der Waals surface area contributed by atoms with Gasteiger partial charge in [-0.05, 0) is 93.3 Å². The van der Waals surface area contributed by atoms with Crippen molar-refractivity contribution in [2.45, 2.75) is 77.2 Å². The van der Waals surface area contributed by atoms with Gasteiger partial charge >= 0.3 is 5.97 Å². The second kappa shape index (κ2) is 10.3. The standard InChI is InChI=1S/C27H32ClF2NO3/c1-27(2,3)34-26(32)23-14-22(17-4-5-17)19(12-25(23)30)15-31-10-8-21(9-11-31)33-16-18-6-7-20(29)13-24(18)28/h6-7,12-14,17,21H,4-5,8-11,15-16H2,1-3H3. The summed E-state index contributed by atoms with van der Waals surface area (Å²) in [5.74, 6) is -1.11. The van der Waals surface area contributed by atoms with E-state index in [2.05, 4.69) is 4.90 Å². The maximum absolute atomic E-state index is 14.9. The highest BCUT2D eigenvalue weighted by atomic mass is 35.5. The van der Waals surface area contributed by atoms with Crippen molar-refractivity contribution in [2.75, 3.05) is 13.1 Å². The van der Waals surface area contributed by atoms with E-state index in [1.54, 1.807) is 32.9 Å². The molecule has 1 saturated carbocycles. The number of rotatable bonds is 7. The van der Waals surface area contributed by atoms with E-state index in [-0.39, 0.29) is 17.5 Å². The van der Waals surface area contributed by atoms with E-state index in [4.69, 9.17) is 21.1 Å². The van der Waals surface area contributed by atoms with Crippen LogP contribution < -0.4 is 0 Å². The summed E-state index contributed by atoms with van der Waals surface area (Å²) in [5.41, 5.74) is 2.14. The predicted octanol–water partition coefficient (Wildman–Crippen LogP) is 6.63. The molecule has 0 spiro atoms.